The van der Waals surface area contributed by atoms with Crippen molar-refractivity contribution in [3.05, 3.63) is 100.0 Å². The third-order valence-electron chi connectivity index (χ3n) is 6.14. The van der Waals surface area contributed by atoms with Crippen LogP contribution in [-0.4, -0.2) is 27.3 Å². The van der Waals surface area contributed by atoms with Crippen molar-refractivity contribution in [1.82, 2.24) is 14.9 Å². The summed E-state index contributed by atoms with van der Waals surface area (Å²) < 4.78 is 0. The van der Waals surface area contributed by atoms with E-state index in [9.17, 15) is 4.79 Å². The van der Waals surface area contributed by atoms with Gasteiger partial charge in [-0.15, -0.1) is 0 Å². The smallest absolute Gasteiger partial charge is 0.270 e. The molecule has 0 unspecified atom stereocenters. The number of carbonyl (C=O) groups is 1. The highest BCUT2D eigenvalue weighted by Crippen LogP contribution is 2.33. The number of hydrogen-bond donors (Lipinski definition) is 1. The van der Waals surface area contributed by atoms with Gasteiger partial charge >= 0.3 is 0 Å². The predicted octanol–water partition coefficient (Wildman–Crippen LogP) is 6.09. The highest BCUT2D eigenvalue weighted by atomic mass is 35.5. The Morgan fingerprint density at radius 1 is 1.13 bits per heavy atom. The Balaban J connectivity index is 1.35. The van der Waals surface area contributed by atoms with Crippen molar-refractivity contribution in [3.63, 3.8) is 0 Å². The molecule has 156 valence electrons. The number of rotatable bonds is 4. The highest BCUT2D eigenvalue weighted by Gasteiger charge is 2.32. The molecule has 1 atom stereocenters. The summed E-state index contributed by atoms with van der Waals surface area (Å²) in [6.07, 6.45) is 4.67. The molecule has 1 amide bonds. The zero-order chi connectivity index (χ0) is 21.4. The molecule has 1 N–H and O–H groups in total. The summed E-state index contributed by atoms with van der Waals surface area (Å²) in [5.41, 5.74) is 6.12. The molecule has 31 heavy (non-hydrogen) atoms. The molecular formula is C26H24ClN3O. The molecule has 0 radical (unpaired) electrons. The van der Waals surface area contributed by atoms with Gasteiger partial charge in [0.1, 0.15) is 5.69 Å². The lowest BCUT2D eigenvalue weighted by atomic mass is 10.0. The number of carbonyl (C=O) groups excluding carboxylic acids is 1. The fourth-order valence-electron chi connectivity index (χ4n) is 4.47. The van der Waals surface area contributed by atoms with Crippen LogP contribution >= 0.6 is 11.6 Å². The van der Waals surface area contributed by atoms with Crippen LogP contribution in [0.2, 0.25) is 5.02 Å². The van der Waals surface area contributed by atoms with E-state index in [4.69, 9.17) is 16.6 Å². The quantitative estimate of drug-likeness (QED) is 0.426. The van der Waals surface area contributed by atoms with Crippen LogP contribution in [0.4, 0.5) is 0 Å². The van der Waals surface area contributed by atoms with Crippen LogP contribution in [-0.2, 0) is 6.42 Å². The number of aryl methyl sites for hydroxylation is 1. The Bertz CT molecular complexity index is 1230. The lowest BCUT2D eigenvalue weighted by Gasteiger charge is -2.24. The maximum Gasteiger partial charge on any atom is 0.270 e. The molecule has 1 aliphatic rings. The summed E-state index contributed by atoms with van der Waals surface area (Å²) in [4.78, 5) is 23.3. The van der Waals surface area contributed by atoms with Crippen LogP contribution in [0.25, 0.3) is 10.9 Å². The molecule has 3 heterocycles. The van der Waals surface area contributed by atoms with Gasteiger partial charge in [-0.2, -0.15) is 0 Å². The number of benzene rings is 2. The normalized spacial score (nSPS) is 16.2. The number of hydrogen-bond acceptors (Lipinski definition) is 2. The summed E-state index contributed by atoms with van der Waals surface area (Å²) in [5, 5.41) is 1.85. The number of fused-ring (bicyclic) bond motifs is 1. The molecule has 5 rings (SSSR count). The predicted molar refractivity (Wildman–Crippen MR) is 125 cm³/mol. The van der Waals surface area contributed by atoms with E-state index < -0.39 is 0 Å². The molecule has 0 bridgehead atoms. The van der Waals surface area contributed by atoms with Gasteiger partial charge in [-0.05, 0) is 73.2 Å². The van der Waals surface area contributed by atoms with E-state index in [0.29, 0.717) is 5.69 Å². The van der Waals surface area contributed by atoms with Crippen LogP contribution in [0.3, 0.4) is 0 Å². The Labute approximate surface area is 186 Å². The summed E-state index contributed by atoms with van der Waals surface area (Å²) in [6.45, 7) is 2.82. The number of likely N-dealkylation sites (tertiary alicyclic amines) is 1. The zero-order valence-corrected chi connectivity index (χ0v) is 18.2. The molecule has 5 heteroatoms. The number of nitrogens with zero attached hydrogens (tertiary/aromatic N) is 2. The largest absolute Gasteiger partial charge is 0.351 e. The van der Waals surface area contributed by atoms with Gasteiger partial charge in [0.25, 0.3) is 5.91 Å². The van der Waals surface area contributed by atoms with E-state index in [2.05, 4.69) is 30.1 Å². The number of halogens is 1. The Morgan fingerprint density at radius 3 is 2.68 bits per heavy atom. The summed E-state index contributed by atoms with van der Waals surface area (Å²) in [5.74, 6) is 0.0464. The van der Waals surface area contributed by atoms with Gasteiger partial charge in [-0.25, -0.2) is 0 Å². The lowest BCUT2D eigenvalue weighted by molar-refractivity contribution is 0.0728. The second-order valence-corrected chi connectivity index (χ2v) is 8.71. The van der Waals surface area contributed by atoms with E-state index >= 15 is 0 Å². The van der Waals surface area contributed by atoms with Gasteiger partial charge in [0.15, 0.2) is 0 Å². The standard InChI is InChI=1S/C26H24ClN3O/c1-17-4-2-5-22-21(17)15-24(29-22)26(31)30-13-3-6-25(30)23-12-9-19(16-28-23)14-18-7-10-20(27)11-8-18/h2,4-5,7-12,15-16,25,29H,3,6,13-14H2,1H3/t25-/m0/s1. The van der Waals surface area contributed by atoms with Crippen molar-refractivity contribution in [2.45, 2.75) is 32.2 Å². The average molecular weight is 430 g/mol. The van der Waals surface area contributed by atoms with Crippen molar-refractivity contribution in [3.8, 4) is 0 Å². The molecular weight excluding hydrogens is 406 g/mol. The van der Waals surface area contributed by atoms with Gasteiger partial charge in [-0.3, -0.25) is 9.78 Å². The Morgan fingerprint density at radius 2 is 1.94 bits per heavy atom. The number of aromatic nitrogens is 2. The number of H-pyrrole nitrogens is 1. The monoisotopic (exact) mass is 429 g/mol. The van der Waals surface area contributed by atoms with Crippen LogP contribution in [0.1, 0.15) is 51.8 Å². The topological polar surface area (TPSA) is 49.0 Å². The minimum atomic E-state index is 0.0181. The van der Waals surface area contributed by atoms with E-state index in [1.54, 1.807) is 0 Å². The van der Waals surface area contributed by atoms with E-state index in [-0.39, 0.29) is 11.9 Å². The molecule has 4 aromatic rings. The average Bonchev–Trinajstić information content (AvgIpc) is 3.44. The zero-order valence-electron chi connectivity index (χ0n) is 17.4. The Hall–Kier alpha value is -3.11. The fraction of sp³-hybridized carbons (Fsp3) is 0.231. The minimum Gasteiger partial charge on any atom is -0.351 e. The van der Waals surface area contributed by atoms with Crippen LogP contribution in [0.15, 0.2) is 66.9 Å². The van der Waals surface area contributed by atoms with Gasteiger partial charge in [0.2, 0.25) is 0 Å². The molecule has 0 aliphatic carbocycles. The van der Waals surface area contributed by atoms with Crippen molar-refractivity contribution < 1.29 is 4.79 Å². The first-order chi connectivity index (χ1) is 15.1. The first kappa shape index (κ1) is 19.8. The van der Waals surface area contributed by atoms with Crippen LogP contribution < -0.4 is 0 Å². The summed E-state index contributed by atoms with van der Waals surface area (Å²) >= 11 is 5.98. The second-order valence-electron chi connectivity index (χ2n) is 8.27. The van der Waals surface area contributed by atoms with Crippen molar-refractivity contribution in [1.29, 1.82) is 0 Å². The molecule has 1 aliphatic heterocycles. The van der Waals surface area contributed by atoms with Gasteiger partial charge in [0, 0.05) is 28.7 Å². The first-order valence-electron chi connectivity index (χ1n) is 10.7. The van der Waals surface area contributed by atoms with E-state index in [0.717, 1.165) is 53.0 Å². The molecule has 2 aromatic heterocycles. The molecule has 1 saturated heterocycles. The Kier molecular flexibility index (Phi) is 5.24. The number of pyridine rings is 1. The van der Waals surface area contributed by atoms with Crippen LogP contribution in [0.5, 0.6) is 0 Å². The van der Waals surface area contributed by atoms with Gasteiger partial charge < -0.3 is 9.88 Å². The molecule has 2 aromatic carbocycles. The van der Waals surface area contributed by atoms with Gasteiger partial charge in [-0.1, -0.05) is 41.9 Å². The molecule has 0 saturated carbocycles. The molecule has 0 spiro atoms. The second kappa shape index (κ2) is 8.20. The van der Waals surface area contributed by atoms with Gasteiger partial charge in [0.05, 0.1) is 11.7 Å². The maximum absolute atomic E-state index is 13.3. The molecule has 4 nitrogen and oxygen atoms in total. The SMILES string of the molecule is Cc1cccc2[nH]c(C(=O)N3CCC[C@H]3c3ccc(Cc4ccc(Cl)cc4)cn3)cc12. The number of amides is 1. The lowest BCUT2D eigenvalue weighted by Crippen LogP contribution is -2.31. The number of nitrogens with one attached hydrogen (secondary N) is 1. The van der Waals surface area contributed by atoms with Crippen molar-refractivity contribution >= 4 is 28.4 Å². The summed E-state index contributed by atoms with van der Waals surface area (Å²) in [7, 11) is 0. The van der Waals surface area contributed by atoms with Crippen molar-refractivity contribution in [2.24, 2.45) is 0 Å². The first-order valence-corrected chi connectivity index (χ1v) is 11.0. The third kappa shape index (κ3) is 3.96. The van der Waals surface area contributed by atoms with Crippen molar-refractivity contribution in [2.75, 3.05) is 6.54 Å². The number of aromatic amines is 1. The minimum absolute atomic E-state index is 0.0181. The molecule has 1 fully saturated rings. The summed E-state index contributed by atoms with van der Waals surface area (Å²) in [6, 6.07) is 20.2. The maximum atomic E-state index is 13.3. The van der Waals surface area contributed by atoms with E-state index in [1.807, 2.05) is 53.6 Å². The highest BCUT2D eigenvalue weighted by molar-refractivity contribution is 6.30. The van der Waals surface area contributed by atoms with E-state index in [1.165, 1.54) is 11.1 Å². The van der Waals surface area contributed by atoms with Crippen LogP contribution in [0, 0.1) is 6.92 Å². The fourth-order valence-corrected chi connectivity index (χ4v) is 4.60. The third-order valence-corrected chi connectivity index (χ3v) is 6.39.